The van der Waals surface area contributed by atoms with E-state index in [1.54, 1.807) is 0 Å². The van der Waals surface area contributed by atoms with Gasteiger partial charge in [-0.2, -0.15) is 0 Å². The maximum absolute atomic E-state index is 8.25. The summed E-state index contributed by atoms with van der Waals surface area (Å²) in [6.45, 7) is 0. The van der Waals surface area contributed by atoms with Crippen molar-refractivity contribution in [3.63, 3.8) is 0 Å². The van der Waals surface area contributed by atoms with Crippen molar-refractivity contribution in [1.82, 2.24) is 0 Å². The molecule has 0 atom stereocenters. The Labute approximate surface area is 62.4 Å². The van der Waals surface area contributed by atoms with Crippen LogP contribution in [0.1, 0.15) is 0 Å². The second-order valence-electron chi connectivity index (χ2n) is 0.224. The normalized spacial score (nSPS) is 4.29. The van der Waals surface area contributed by atoms with Gasteiger partial charge in [0.15, 0.2) is 0 Å². The number of aliphatic hydroxyl groups is 1. The summed E-state index contributed by atoms with van der Waals surface area (Å²) in [6.07, 6.45) is 0. The first-order valence-electron chi connectivity index (χ1n) is 0.995. The molecule has 0 heterocycles. The summed E-state index contributed by atoms with van der Waals surface area (Å²) in [7, 11) is 1.00. The number of hydrogen-bond donors (Lipinski definition) is 1. The zero-order valence-electron chi connectivity index (χ0n) is 4.12. The molecule has 5 nitrogen and oxygen atoms in total. The molecule has 1 N–H and O–H groups in total. The van der Waals surface area contributed by atoms with Gasteiger partial charge in [0.1, 0.15) is 0 Å². The van der Waals surface area contributed by atoms with E-state index in [2.05, 4.69) is 0 Å². The number of aliphatic hydroxyl groups excluding tert-OH is 1. The van der Waals surface area contributed by atoms with Crippen molar-refractivity contribution in [2.24, 2.45) is 0 Å². The molecule has 0 radical (unpaired) electrons. The molecule has 0 spiro atoms. The first-order valence-corrected chi connectivity index (χ1v) is 0.995. The second kappa shape index (κ2) is 16.4. The van der Waals surface area contributed by atoms with Gasteiger partial charge in [-0.15, -0.1) is 0 Å². The number of nitrogens with zero attached hydrogens (tertiary/aromatic N) is 1. The molecule has 0 aliphatic rings. The number of hydrogen-bond acceptors (Lipinski definition) is 4. The molecule has 0 aromatic rings. The van der Waals surface area contributed by atoms with Crippen LogP contribution in [-0.2, 0) is 0 Å². The Kier molecular flexibility index (Phi) is 36.8. The maximum atomic E-state index is 8.25. The van der Waals surface area contributed by atoms with Gasteiger partial charge in [0.2, 0.25) is 0 Å². The van der Waals surface area contributed by atoms with Gasteiger partial charge in [-0.3, -0.25) is 0 Å². The van der Waals surface area contributed by atoms with Crippen LogP contribution < -0.4 is 29.6 Å². The van der Waals surface area contributed by atoms with E-state index in [1.165, 1.54) is 0 Å². The molecule has 0 bridgehead atoms. The fraction of sp³-hybridized carbons (Fsp3) is 1.00. The van der Waals surface area contributed by atoms with E-state index in [0.717, 1.165) is 7.11 Å². The van der Waals surface area contributed by atoms with Gasteiger partial charge in [-0.1, -0.05) is 0 Å². The first-order chi connectivity index (χ1) is 2.73. The Balaban J connectivity index is -0.0000000480. The predicted octanol–water partition coefficient (Wildman–Crippen LogP) is -3.63. The molecule has 38 valence electrons. The summed E-state index contributed by atoms with van der Waals surface area (Å²) < 4.78 is 0. The van der Waals surface area contributed by atoms with E-state index in [0.29, 0.717) is 0 Å². The number of rotatable bonds is 0. The zero-order chi connectivity index (χ0) is 5.58. The molecule has 6 heteroatoms. The Morgan fingerprint density at radius 2 is 1.43 bits per heavy atom. The van der Waals surface area contributed by atoms with Gasteiger partial charge in [0, 0.05) is 7.11 Å². The van der Waals surface area contributed by atoms with Gasteiger partial charge in [-0.05, 0) is 0 Å². The van der Waals surface area contributed by atoms with Crippen molar-refractivity contribution in [3.05, 3.63) is 15.3 Å². The van der Waals surface area contributed by atoms with E-state index < -0.39 is 5.09 Å². The van der Waals surface area contributed by atoms with Gasteiger partial charge < -0.3 is 20.4 Å². The topological polar surface area (TPSA) is 86.4 Å². The fourth-order valence-corrected chi connectivity index (χ4v) is 0. The van der Waals surface area contributed by atoms with Crippen LogP contribution in [0.4, 0.5) is 0 Å². The molecule has 7 heavy (non-hydrogen) atoms. The zero-order valence-corrected chi connectivity index (χ0v) is 6.12. The maximum Gasteiger partial charge on any atom is 1.00 e. The molecule has 0 amide bonds. The summed E-state index contributed by atoms with van der Waals surface area (Å²) >= 11 is 0. The monoisotopic (exact) mass is 117 g/mol. The van der Waals surface area contributed by atoms with E-state index >= 15 is 0 Å². The van der Waals surface area contributed by atoms with Crippen LogP contribution in [0.15, 0.2) is 0 Å². The summed E-state index contributed by atoms with van der Waals surface area (Å²) in [5, 5.41) is 21.8. The SMILES string of the molecule is CO.O=[N+]([O-])[O-].[Na+]. The molecule has 0 aliphatic carbocycles. The molecular formula is CH4NNaO4. The molecular weight excluding hydrogens is 113 g/mol. The van der Waals surface area contributed by atoms with Crippen LogP contribution in [-0.4, -0.2) is 17.3 Å². The molecule has 0 rings (SSSR count). The molecule has 0 fully saturated rings. The van der Waals surface area contributed by atoms with Gasteiger partial charge in [0.25, 0.3) is 0 Å². The summed E-state index contributed by atoms with van der Waals surface area (Å²) in [5.74, 6) is 0. The fourth-order valence-electron chi connectivity index (χ4n) is 0. The Bertz CT molecular complexity index is 34.7. The van der Waals surface area contributed by atoms with Crippen molar-refractivity contribution in [2.75, 3.05) is 7.11 Å². The van der Waals surface area contributed by atoms with Crippen molar-refractivity contribution in [1.29, 1.82) is 0 Å². The van der Waals surface area contributed by atoms with Crippen LogP contribution in [0.25, 0.3) is 0 Å². The van der Waals surface area contributed by atoms with Crippen molar-refractivity contribution < 1.29 is 39.8 Å². The largest absolute Gasteiger partial charge is 1.00 e. The summed E-state index contributed by atoms with van der Waals surface area (Å²) in [6, 6.07) is 0. The van der Waals surface area contributed by atoms with Gasteiger partial charge in [-0.25, -0.2) is 0 Å². The van der Waals surface area contributed by atoms with E-state index in [1.807, 2.05) is 0 Å². The third-order valence-corrected chi connectivity index (χ3v) is 0. The van der Waals surface area contributed by atoms with Crippen LogP contribution in [0.2, 0.25) is 0 Å². The van der Waals surface area contributed by atoms with Crippen molar-refractivity contribution in [3.8, 4) is 0 Å². The Morgan fingerprint density at radius 3 is 1.43 bits per heavy atom. The van der Waals surface area contributed by atoms with Crippen LogP contribution in [0.3, 0.4) is 0 Å². The standard InChI is InChI=1S/CH4O.NO3.Na/c1-2;2-1(3)4;/h2H,1H3;;/q;-1;+1. The predicted molar refractivity (Wildman–Crippen MR) is 18.5 cm³/mol. The third kappa shape index (κ3) is 4160. The second-order valence-corrected chi connectivity index (χ2v) is 0.224. The van der Waals surface area contributed by atoms with Gasteiger partial charge in [0.05, 0.1) is 5.09 Å². The molecule has 0 unspecified atom stereocenters. The van der Waals surface area contributed by atoms with E-state index in [-0.39, 0.29) is 29.6 Å². The quantitative estimate of drug-likeness (QED) is 0.201. The van der Waals surface area contributed by atoms with Crippen LogP contribution in [0.5, 0.6) is 0 Å². The van der Waals surface area contributed by atoms with Gasteiger partial charge >= 0.3 is 29.6 Å². The smallest absolute Gasteiger partial charge is 0.400 e. The third-order valence-electron chi connectivity index (χ3n) is 0. The van der Waals surface area contributed by atoms with E-state index in [9.17, 15) is 0 Å². The molecule has 0 saturated carbocycles. The van der Waals surface area contributed by atoms with Crippen molar-refractivity contribution in [2.45, 2.75) is 0 Å². The Morgan fingerprint density at radius 1 is 1.43 bits per heavy atom. The molecule has 0 aliphatic heterocycles. The summed E-state index contributed by atoms with van der Waals surface area (Å²) in [5.41, 5.74) is 0. The first kappa shape index (κ1) is 15.7. The van der Waals surface area contributed by atoms with Crippen LogP contribution in [0, 0.1) is 15.3 Å². The minimum atomic E-state index is -1.75. The average Bonchev–Trinajstić information content (AvgIpc) is 1.41. The molecule has 0 aromatic heterocycles. The average molecular weight is 117 g/mol. The Hall–Kier alpha value is 0.160. The molecule has 0 aromatic carbocycles. The minimum absolute atomic E-state index is 0. The minimum Gasteiger partial charge on any atom is -0.400 e. The van der Waals surface area contributed by atoms with Crippen LogP contribution >= 0.6 is 0 Å². The van der Waals surface area contributed by atoms with E-state index in [4.69, 9.17) is 20.4 Å². The summed E-state index contributed by atoms with van der Waals surface area (Å²) in [4.78, 5) is 8.25. The van der Waals surface area contributed by atoms with Crippen molar-refractivity contribution >= 4 is 0 Å². The molecule has 0 saturated heterocycles.